The molecule has 0 radical (unpaired) electrons. The Kier molecular flexibility index (Phi) is 9.59. The molecule has 0 spiro atoms. The second-order valence-electron chi connectivity index (χ2n) is 5.20. The second kappa shape index (κ2) is 11.3. The topological polar surface area (TPSA) is 26.3 Å². The molecule has 2 heteroatoms. The van der Waals surface area contributed by atoms with Crippen LogP contribution >= 0.6 is 0 Å². The van der Waals surface area contributed by atoms with Gasteiger partial charge >= 0.3 is 5.97 Å². The summed E-state index contributed by atoms with van der Waals surface area (Å²) in [7, 11) is 0. The molecule has 104 valence electrons. The van der Waals surface area contributed by atoms with Gasteiger partial charge in [-0.05, 0) is 32.1 Å². The van der Waals surface area contributed by atoms with Crippen molar-refractivity contribution in [1.29, 1.82) is 0 Å². The Morgan fingerprint density at radius 1 is 0.722 bits per heavy atom. The summed E-state index contributed by atoms with van der Waals surface area (Å²) in [5, 5.41) is 0. The van der Waals surface area contributed by atoms with E-state index in [1.807, 2.05) is 0 Å². The molecule has 1 aliphatic heterocycles. The van der Waals surface area contributed by atoms with E-state index in [4.69, 9.17) is 4.74 Å². The number of carbonyl (C=O) groups excluding carboxylic acids is 1. The lowest BCUT2D eigenvalue weighted by molar-refractivity contribution is -0.143. The molecule has 1 heterocycles. The summed E-state index contributed by atoms with van der Waals surface area (Å²) in [6, 6.07) is 0. The van der Waals surface area contributed by atoms with Crippen molar-refractivity contribution in [2.24, 2.45) is 0 Å². The van der Waals surface area contributed by atoms with Crippen molar-refractivity contribution in [2.45, 2.75) is 77.0 Å². The molecule has 0 unspecified atom stereocenters. The summed E-state index contributed by atoms with van der Waals surface area (Å²) >= 11 is 0. The van der Waals surface area contributed by atoms with E-state index in [2.05, 4.69) is 12.2 Å². The Morgan fingerprint density at radius 2 is 1.28 bits per heavy atom. The van der Waals surface area contributed by atoms with E-state index in [9.17, 15) is 4.79 Å². The van der Waals surface area contributed by atoms with Gasteiger partial charge in [-0.15, -0.1) is 0 Å². The van der Waals surface area contributed by atoms with Crippen LogP contribution in [0.2, 0.25) is 0 Å². The molecule has 1 aliphatic rings. The first-order valence-electron chi connectivity index (χ1n) is 7.70. The van der Waals surface area contributed by atoms with Gasteiger partial charge in [-0.1, -0.05) is 50.7 Å². The molecular formula is C16H28O2. The molecule has 0 saturated heterocycles. The highest BCUT2D eigenvalue weighted by Crippen LogP contribution is 2.11. The van der Waals surface area contributed by atoms with Crippen LogP contribution in [0.3, 0.4) is 0 Å². The maximum Gasteiger partial charge on any atom is 0.305 e. The zero-order valence-electron chi connectivity index (χ0n) is 11.7. The number of rotatable bonds is 0. The molecule has 0 aliphatic carbocycles. The van der Waals surface area contributed by atoms with Gasteiger partial charge in [0.2, 0.25) is 0 Å². The zero-order chi connectivity index (χ0) is 12.9. The van der Waals surface area contributed by atoms with Gasteiger partial charge in [0, 0.05) is 6.42 Å². The molecule has 0 N–H and O–H groups in total. The number of ether oxygens (including phenoxy) is 1. The molecular weight excluding hydrogens is 224 g/mol. The third-order valence-electron chi connectivity index (χ3n) is 3.45. The normalized spacial score (nSPS) is 23.9. The number of cyclic esters (lactones) is 1. The fourth-order valence-corrected chi connectivity index (χ4v) is 2.29. The van der Waals surface area contributed by atoms with E-state index in [0.717, 1.165) is 19.3 Å². The van der Waals surface area contributed by atoms with Gasteiger partial charge in [0.05, 0.1) is 6.61 Å². The number of hydrogen-bond donors (Lipinski definition) is 0. The largest absolute Gasteiger partial charge is 0.466 e. The highest BCUT2D eigenvalue weighted by Gasteiger charge is 2.02. The minimum atomic E-state index is -0.0108. The van der Waals surface area contributed by atoms with E-state index in [1.54, 1.807) is 0 Å². The van der Waals surface area contributed by atoms with Crippen LogP contribution in [0.25, 0.3) is 0 Å². The van der Waals surface area contributed by atoms with Gasteiger partial charge in [-0.25, -0.2) is 0 Å². The maximum absolute atomic E-state index is 11.4. The molecule has 0 bridgehead atoms. The fourth-order valence-electron chi connectivity index (χ4n) is 2.29. The number of hydrogen-bond acceptors (Lipinski definition) is 2. The first-order chi connectivity index (χ1) is 8.89. The fraction of sp³-hybridized carbons (Fsp3) is 0.812. The Hall–Kier alpha value is -0.790. The minimum Gasteiger partial charge on any atom is -0.466 e. The quantitative estimate of drug-likeness (QED) is 0.458. The summed E-state index contributed by atoms with van der Waals surface area (Å²) in [5.41, 5.74) is 0. The lowest BCUT2D eigenvalue weighted by Crippen LogP contribution is -2.05. The van der Waals surface area contributed by atoms with Crippen LogP contribution in [0.4, 0.5) is 0 Å². The lowest BCUT2D eigenvalue weighted by Gasteiger charge is -2.03. The highest BCUT2D eigenvalue weighted by atomic mass is 16.5. The first kappa shape index (κ1) is 15.3. The minimum absolute atomic E-state index is 0.0108. The smallest absolute Gasteiger partial charge is 0.305 e. The van der Waals surface area contributed by atoms with Crippen molar-refractivity contribution in [3.63, 3.8) is 0 Å². The van der Waals surface area contributed by atoms with Gasteiger partial charge in [-0.3, -0.25) is 4.79 Å². The molecule has 0 aromatic heterocycles. The van der Waals surface area contributed by atoms with Gasteiger partial charge < -0.3 is 4.74 Å². The maximum atomic E-state index is 11.4. The predicted octanol–water partition coefficient (Wildman–Crippen LogP) is 4.78. The number of carbonyl (C=O) groups is 1. The Bertz CT molecular complexity index is 233. The van der Waals surface area contributed by atoms with Crippen molar-refractivity contribution in [3.8, 4) is 0 Å². The molecule has 0 amide bonds. The first-order valence-corrected chi connectivity index (χ1v) is 7.70. The molecule has 0 atom stereocenters. The number of esters is 1. The van der Waals surface area contributed by atoms with Crippen LogP contribution in [-0.4, -0.2) is 12.6 Å². The van der Waals surface area contributed by atoms with Crippen molar-refractivity contribution in [2.75, 3.05) is 6.61 Å². The average Bonchev–Trinajstić information content (AvgIpc) is 2.37. The van der Waals surface area contributed by atoms with E-state index in [1.165, 1.54) is 51.4 Å². The van der Waals surface area contributed by atoms with Crippen molar-refractivity contribution < 1.29 is 9.53 Å². The van der Waals surface area contributed by atoms with Crippen LogP contribution in [0.15, 0.2) is 12.2 Å². The Balaban J connectivity index is 2.17. The monoisotopic (exact) mass is 252 g/mol. The Labute approximate surface area is 112 Å². The van der Waals surface area contributed by atoms with Crippen LogP contribution in [-0.2, 0) is 9.53 Å². The van der Waals surface area contributed by atoms with E-state index < -0.39 is 0 Å². The summed E-state index contributed by atoms with van der Waals surface area (Å²) in [5.74, 6) is -0.0108. The van der Waals surface area contributed by atoms with E-state index in [-0.39, 0.29) is 5.97 Å². The highest BCUT2D eigenvalue weighted by molar-refractivity contribution is 5.69. The van der Waals surface area contributed by atoms with E-state index >= 15 is 0 Å². The van der Waals surface area contributed by atoms with Crippen LogP contribution in [0, 0.1) is 0 Å². The predicted molar refractivity (Wildman–Crippen MR) is 75.5 cm³/mol. The summed E-state index contributed by atoms with van der Waals surface area (Å²) < 4.78 is 5.19. The molecule has 0 aromatic carbocycles. The standard InChI is InChI=1S/C16H28O2/c17-16-14-12-10-8-6-4-2-1-3-5-7-9-11-13-15-18-16/h7,9H,1-6,8,10-15H2/b9-7+. The molecule has 0 aromatic rings. The van der Waals surface area contributed by atoms with Crippen LogP contribution < -0.4 is 0 Å². The second-order valence-corrected chi connectivity index (χ2v) is 5.20. The summed E-state index contributed by atoms with van der Waals surface area (Å²) in [6.07, 6.45) is 18.5. The Morgan fingerprint density at radius 3 is 2.00 bits per heavy atom. The summed E-state index contributed by atoms with van der Waals surface area (Å²) in [6.45, 7) is 0.586. The molecule has 1 rings (SSSR count). The third-order valence-corrected chi connectivity index (χ3v) is 3.45. The van der Waals surface area contributed by atoms with Crippen LogP contribution in [0.1, 0.15) is 77.0 Å². The average molecular weight is 252 g/mol. The van der Waals surface area contributed by atoms with Crippen molar-refractivity contribution in [3.05, 3.63) is 12.2 Å². The molecule has 0 fully saturated rings. The van der Waals surface area contributed by atoms with Crippen LogP contribution in [0.5, 0.6) is 0 Å². The number of allylic oxidation sites excluding steroid dienone is 2. The van der Waals surface area contributed by atoms with Gasteiger partial charge in [0.1, 0.15) is 0 Å². The van der Waals surface area contributed by atoms with E-state index in [0.29, 0.717) is 13.0 Å². The SMILES string of the molecule is O=C1CCCCCCCCCC/C=C/CCCO1. The molecule has 0 saturated carbocycles. The zero-order valence-corrected chi connectivity index (χ0v) is 11.7. The van der Waals surface area contributed by atoms with Crippen molar-refractivity contribution in [1.82, 2.24) is 0 Å². The molecule has 18 heavy (non-hydrogen) atoms. The third kappa shape index (κ3) is 9.26. The van der Waals surface area contributed by atoms with Gasteiger partial charge in [0.15, 0.2) is 0 Å². The van der Waals surface area contributed by atoms with Crippen molar-refractivity contribution >= 4 is 5.97 Å². The van der Waals surface area contributed by atoms with Gasteiger partial charge in [0.25, 0.3) is 0 Å². The lowest BCUT2D eigenvalue weighted by atomic mass is 10.1. The van der Waals surface area contributed by atoms with Gasteiger partial charge in [-0.2, -0.15) is 0 Å². The summed E-state index contributed by atoms with van der Waals surface area (Å²) in [4.78, 5) is 11.4. The molecule has 2 nitrogen and oxygen atoms in total.